The molecule has 0 heterocycles. The van der Waals surface area contributed by atoms with Gasteiger partial charge in [-0.1, -0.05) is 32.0 Å². The van der Waals surface area contributed by atoms with Crippen molar-refractivity contribution in [2.75, 3.05) is 24.9 Å². The number of para-hydroxylation sites is 1. The van der Waals surface area contributed by atoms with Crippen molar-refractivity contribution in [2.45, 2.75) is 26.8 Å². The van der Waals surface area contributed by atoms with Gasteiger partial charge in [-0.25, -0.2) is 4.31 Å². The monoisotopic (exact) mass is 327 g/mol. The van der Waals surface area contributed by atoms with Crippen molar-refractivity contribution >= 4 is 21.8 Å². The van der Waals surface area contributed by atoms with Crippen LogP contribution in [0.15, 0.2) is 30.3 Å². The molecular formula is C15H25N3O3S. The lowest BCUT2D eigenvalue weighted by Crippen LogP contribution is -2.48. The third-order valence-electron chi connectivity index (χ3n) is 3.46. The molecule has 6 nitrogen and oxygen atoms in total. The molecule has 1 amide bonds. The predicted molar refractivity (Wildman–Crippen MR) is 88.8 cm³/mol. The van der Waals surface area contributed by atoms with E-state index in [0.29, 0.717) is 5.69 Å². The first-order chi connectivity index (χ1) is 10.2. The average Bonchev–Trinajstić information content (AvgIpc) is 2.45. The van der Waals surface area contributed by atoms with Crippen LogP contribution in [-0.4, -0.2) is 45.3 Å². The summed E-state index contributed by atoms with van der Waals surface area (Å²) in [7, 11) is -0.849. The van der Waals surface area contributed by atoms with E-state index in [0.717, 1.165) is 8.61 Å². The van der Waals surface area contributed by atoms with E-state index >= 15 is 0 Å². The molecule has 1 atom stereocenters. The second-order valence-electron chi connectivity index (χ2n) is 5.73. The van der Waals surface area contributed by atoms with Gasteiger partial charge < -0.3 is 5.32 Å². The summed E-state index contributed by atoms with van der Waals surface area (Å²) in [6.45, 7) is 5.64. The molecule has 0 bridgehead atoms. The zero-order valence-corrected chi connectivity index (χ0v) is 14.6. The summed E-state index contributed by atoms with van der Waals surface area (Å²) in [4.78, 5) is 12.2. The Hall–Kier alpha value is -1.60. The molecule has 0 spiro atoms. The molecule has 1 rings (SSSR count). The summed E-state index contributed by atoms with van der Waals surface area (Å²) in [5, 5.41) is 2.83. The maximum Gasteiger partial charge on any atom is 0.304 e. The van der Waals surface area contributed by atoms with Crippen molar-refractivity contribution in [3.63, 3.8) is 0 Å². The van der Waals surface area contributed by atoms with E-state index in [1.165, 1.54) is 14.1 Å². The van der Waals surface area contributed by atoms with Gasteiger partial charge in [-0.15, -0.1) is 0 Å². The van der Waals surface area contributed by atoms with Crippen LogP contribution in [0.25, 0.3) is 0 Å². The summed E-state index contributed by atoms with van der Waals surface area (Å²) in [6, 6.07) is 8.59. The van der Waals surface area contributed by atoms with Crippen LogP contribution in [0.3, 0.4) is 0 Å². The number of benzene rings is 1. The fourth-order valence-corrected chi connectivity index (χ4v) is 2.76. The second-order valence-corrected chi connectivity index (χ2v) is 7.80. The van der Waals surface area contributed by atoms with Gasteiger partial charge >= 0.3 is 10.2 Å². The van der Waals surface area contributed by atoms with Gasteiger partial charge in [0.2, 0.25) is 5.91 Å². The Labute approximate surface area is 133 Å². The molecule has 0 fully saturated rings. The van der Waals surface area contributed by atoms with Gasteiger partial charge in [-0.3, -0.25) is 4.79 Å². The summed E-state index contributed by atoms with van der Waals surface area (Å²) in [5.74, 6) is -0.0462. The third-order valence-corrected chi connectivity index (χ3v) is 5.28. The number of hydrogen-bond acceptors (Lipinski definition) is 3. The van der Waals surface area contributed by atoms with Crippen LogP contribution in [0.5, 0.6) is 0 Å². The summed E-state index contributed by atoms with van der Waals surface area (Å²) >= 11 is 0. The molecule has 1 aromatic rings. The molecule has 0 saturated carbocycles. The van der Waals surface area contributed by atoms with E-state index in [-0.39, 0.29) is 24.4 Å². The molecule has 7 heteroatoms. The lowest BCUT2D eigenvalue weighted by molar-refractivity contribution is -0.120. The molecule has 0 saturated heterocycles. The highest BCUT2D eigenvalue weighted by Crippen LogP contribution is 2.18. The number of rotatable bonds is 7. The minimum atomic E-state index is -3.74. The highest BCUT2D eigenvalue weighted by Gasteiger charge is 2.27. The summed E-state index contributed by atoms with van der Waals surface area (Å²) < 4.78 is 27.1. The van der Waals surface area contributed by atoms with Crippen LogP contribution in [-0.2, 0) is 15.0 Å². The van der Waals surface area contributed by atoms with E-state index in [4.69, 9.17) is 0 Å². The predicted octanol–water partition coefficient (Wildman–Crippen LogP) is 1.46. The maximum atomic E-state index is 12.5. The smallest absolute Gasteiger partial charge is 0.304 e. The molecular weight excluding hydrogens is 302 g/mol. The fourth-order valence-electron chi connectivity index (χ4n) is 1.69. The Morgan fingerprint density at radius 3 is 2.14 bits per heavy atom. The van der Waals surface area contributed by atoms with Crippen molar-refractivity contribution in [1.29, 1.82) is 0 Å². The maximum absolute atomic E-state index is 12.5. The quantitative estimate of drug-likeness (QED) is 0.824. The van der Waals surface area contributed by atoms with E-state index in [1.54, 1.807) is 30.3 Å². The number of nitrogens with zero attached hydrogens (tertiary/aromatic N) is 2. The molecule has 0 aliphatic carbocycles. The van der Waals surface area contributed by atoms with Gasteiger partial charge in [-0.05, 0) is 25.0 Å². The van der Waals surface area contributed by atoms with Gasteiger partial charge in [0, 0.05) is 20.1 Å². The summed E-state index contributed by atoms with van der Waals surface area (Å²) in [6.07, 6.45) is 0. The number of amides is 1. The van der Waals surface area contributed by atoms with Gasteiger partial charge in [0.25, 0.3) is 0 Å². The molecule has 1 N–H and O–H groups in total. The average molecular weight is 327 g/mol. The van der Waals surface area contributed by atoms with Crippen molar-refractivity contribution < 1.29 is 13.2 Å². The van der Waals surface area contributed by atoms with E-state index in [9.17, 15) is 13.2 Å². The first-order valence-corrected chi connectivity index (χ1v) is 8.60. The number of nitrogens with one attached hydrogen (secondary N) is 1. The Morgan fingerprint density at radius 2 is 1.68 bits per heavy atom. The van der Waals surface area contributed by atoms with Gasteiger partial charge in [-0.2, -0.15) is 12.7 Å². The van der Waals surface area contributed by atoms with Crippen LogP contribution in [0.2, 0.25) is 0 Å². The molecule has 0 unspecified atom stereocenters. The Bertz CT molecular complexity index is 585. The number of carbonyl (C=O) groups is 1. The zero-order chi connectivity index (χ0) is 16.9. The van der Waals surface area contributed by atoms with Crippen LogP contribution >= 0.6 is 0 Å². The Kier molecular flexibility index (Phi) is 6.37. The van der Waals surface area contributed by atoms with E-state index < -0.39 is 10.2 Å². The van der Waals surface area contributed by atoms with Crippen molar-refractivity contribution in [3.05, 3.63) is 30.3 Å². The number of hydrogen-bond donors (Lipinski definition) is 1. The Balaban J connectivity index is 3.01. The minimum absolute atomic E-state index is 0.0211. The van der Waals surface area contributed by atoms with Gasteiger partial charge in [0.1, 0.15) is 6.54 Å². The lowest BCUT2D eigenvalue weighted by atomic mass is 10.1. The van der Waals surface area contributed by atoms with Crippen LogP contribution in [0.1, 0.15) is 20.8 Å². The molecule has 124 valence electrons. The molecule has 0 aliphatic rings. The highest BCUT2D eigenvalue weighted by molar-refractivity contribution is 7.90. The number of carbonyl (C=O) groups excluding carboxylic acids is 1. The second kappa shape index (κ2) is 7.60. The lowest BCUT2D eigenvalue weighted by Gasteiger charge is -2.28. The zero-order valence-electron chi connectivity index (χ0n) is 13.8. The van der Waals surface area contributed by atoms with E-state index in [2.05, 4.69) is 5.32 Å². The van der Waals surface area contributed by atoms with Crippen molar-refractivity contribution in [2.24, 2.45) is 5.92 Å². The largest absolute Gasteiger partial charge is 0.352 e. The minimum Gasteiger partial charge on any atom is -0.352 e. The van der Waals surface area contributed by atoms with Crippen molar-refractivity contribution in [1.82, 2.24) is 9.62 Å². The molecule has 22 heavy (non-hydrogen) atoms. The first kappa shape index (κ1) is 18.4. The Morgan fingerprint density at radius 1 is 1.14 bits per heavy atom. The molecule has 1 aromatic carbocycles. The van der Waals surface area contributed by atoms with Gasteiger partial charge in [0.05, 0.1) is 5.69 Å². The van der Waals surface area contributed by atoms with Crippen LogP contribution in [0, 0.1) is 5.92 Å². The SMILES string of the molecule is CC(C)[C@H](C)NC(=O)CN(c1ccccc1)S(=O)(=O)N(C)C. The first-order valence-electron chi connectivity index (χ1n) is 7.21. The summed E-state index contributed by atoms with van der Waals surface area (Å²) in [5.41, 5.74) is 0.462. The standard InChI is InChI=1S/C15H25N3O3S/c1-12(2)13(3)16-15(19)11-18(22(20,21)17(4)5)14-9-7-6-8-10-14/h6-10,12-13H,11H2,1-5H3,(H,16,19)/t13-/m0/s1. The topological polar surface area (TPSA) is 69.7 Å². The fraction of sp³-hybridized carbons (Fsp3) is 0.533. The van der Waals surface area contributed by atoms with E-state index in [1.807, 2.05) is 20.8 Å². The van der Waals surface area contributed by atoms with Gasteiger partial charge in [0.15, 0.2) is 0 Å². The molecule has 0 aliphatic heterocycles. The highest BCUT2D eigenvalue weighted by atomic mass is 32.2. The van der Waals surface area contributed by atoms with Crippen molar-refractivity contribution in [3.8, 4) is 0 Å². The normalized spacial score (nSPS) is 13.2. The molecule has 0 aromatic heterocycles. The van der Waals surface area contributed by atoms with Crippen LogP contribution < -0.4 is 9.62 Å². The number of anilines is 1. The third kappa shape index (κ3) is 4.71. The van der Waals surface area contributed by atoms with Crippen LogP contribution in [0.4, 0.5) is 5.69 Å². The molecule has 0 radical (unpaired) electrons.